The zero-order chi connectivity index (χ0) is 13.4. The summed E-state index contributed by atoms with van der Waals surface area (Å²) in [6.45, 7) is 6.83. The molecular formula is C15H22N4. The number of anilines is 1. The number of aromatic nitrogens is 3. The molecule has 19 heavy (non-hydrogen) atoms. The minimum Gasteiger partial charge on any atom is -0.367 e. The zero-order valence-corrected chi connectivity index (χ0v) is 11.9. The highest BCUT2D eigenvalue weighted by atomic mass is 15.3. The molecule has 3 unspecified atom stereocenters. The van der Waals surface area contributed by atoms with Crippen molar-refractivity contribution in [2.75, 3.05) is 5.32 Å². The second kappa shape index (κ2) is 4.83. The van der Waals surface area contributed by atoms with E-state index < -0.39 is 0 Å². The molecule has 1 fully saturated rings. The summed E-state index contributed by atoms with van der Waals surface area (Å²) in [7, 11) is 0. The lowest BCUT2D eigenvalue weighted by Gasteiger charge is -2.33. The van der Waals surface area contributed by atoms with Gasteiger partial charge in [0, 0.05) is 6.04 Å². The van der Waals surface area contributed by atoms with Crippen LogP contribution in [-0.4, -0.2) is 20.6 Å². The molecule has 2 aromatic rings. The Bertz CT molecular complexity index is 575. The molecule has 3 atom stereocenters. The first-order chi connectivity index (χ1) is 9.13. The highest BCUT2D eigenvalue weighted by Gasteiger charge is 2.24. The van der Waals surface area contributed by atoms with Gasteiger partial charge in [-0.1, -0.05) is 13.8 Å². The third kappa shape index (κ3) is 2.44. The minimum absolute atomic E-state index is 0.556. The topological polar surface area (TPSA) is 42.2 Å². The van der Waals surface area contributed by atoms with Crippen molar-refractivity contribution in [1.82, 2.24) is 14.6 Å². The number of hydrogen-bond acceptors (Lipinski definition) is 3. The normalized spacial score (nSPS) is 27.6. The fourth-order valence-electron chi connectivity index (χ4n) is 3.05. The van der Waals surface area contributed by atoms with Gasteiger partial charge in [-0.3, -0.25) is 0 Å². The van der Waals surface area contributed by atoms with Crippen molar-refractivity contribution in [3.05, 3.63) is 24.0 Å². The van der Waals surface area contributed by atoms with Crippen LogP contribution in [0.4, 0.5) is 5.82 Å². The van der Waals surface area contributed by atoms with Gasteiger partial charge in [-0.25, -0.2) is 4.98 Å². The molecule has 2 aromatic heterocycles. The van der Waals surface area contributed by atoms with Crippen LogP contribution in [-0.2, 0) is 0 Å². The largest absolute Gasteiger partial charge is 0.367 e. The summed E-state index contributed by atoms with van der Waals surface area (Å²) >= 11 is 0. The van der Waals surface area contributed by atoms with Crippen LogP contribution in [0.2, 0.25) is 0 Å². The first-order valence-electron chi connectivity index (χ1n) is 7.20. The molecule has 0 amide bonds. The molecule has 0 saturated heterocycles. The van der Waals surface area contributed by atoms with Gasteiger partial charge in [0.05, 0.1) is 0 Å². The number of nitrogens with zero attached hydrogens (tertiary/aromatic N) is 3. The van der Waals surface area contributed by atoms with Crippen molar-refractivity contribution in [2.24, 2.45) is 11.8 Å². The van der Waals surface area contributed by atoms with Crippen molar-refractivity contribution >= 4 is 11.5 Å². The summed E-state index contributed by atoms with van der Waals surface area (Å²) in [5.74, 6) is 2.71. The summed E-state index contributed by atoms with van der Waals surface area (Å²) in [4.78, 5) is 4.27. The van der Waals surface area contributed by atoms with Crippen LogP contribution in [0.25, 0.3) is 5.65 Å². The van der Waals surface area contributed by atoms with E-state index in [0.717, 1.165) is 23.3 Å². The van der Waals surface area contributed by atoms with E-state index in [9.17, 15) is 0 Å². The van der Waals surface area contributed by atoms with Crippen LogP contribution in [0.15, 0.2) is 18.5 Å². The van der Waals surface area contributed by atoms with Crippen molar-refractivity contribution in [1.29, 1.82) is 0 Å². The molecule has 4 heteroatoms. The van der Waals surface area contributed by atoms with Gasteiger partial charge in [0.2, 0.25) is 0 Å². The molecule has 0 spiro atoms. The molecule has 4 nitrogen and oxygen atoms in total. The van der Waals surface area contributed by atoms with E-state index in [1.807, 2.05) is 4.52 Å². The zero-order valence-electron chi connectivity index (χ0n) is 11.9. The van der Waals surface area contributed by atoms with Crippen LogP contribution in [0.1, 0.15) is 38.7 Å². The first-order valence-corrected chi connectivity index (χ1v) is 7.20. The predicted molar refractivity (Wildman–Crippen MR) is 77.3 cm³/mol. The predicted octanol–water partition coefficient (Wildman–Crippen LogP) is 3.27. The Morgan fingerprint density at radius 2 is 2.05 bits per heavy atom. The maximum Gasteiger partial charge on any atom is 0.157 e. The maximum atomic E-state index is 4.30. The Kier molecular flexibility index (Phi) is 3.17. The monoisotopic (exact) mass is 258 g/mol. The fraction of sp³-hybridized carbons (Fsp3) is 0.600. The Morgan fingerprint density at radius 3 is 2.84 bits per heavy atom. The van der Waals surface area contributed by atoms with E-state index in [2.05, 4.69) is 48.3 Å². The van der Waals surface area contributed by atoms with Crippen molar-refractivity contribution in [3.8, 4) is 0 Å². The van der Waals surface area contributed by atoms with Crippen molar-refractivity contribution in [2.45, 2.75) is 46.1 Å². The number of pyridine rings is 1. The lowest BCUT2D eigenvalue weighted by Crippen LogP contribution is -2.31. The summed E-state index contributed by atoms with van der Waals surface area (Å²) in [6, 6.07) is 4.77. The molecule has 2 heterocycles. The lowest BCUT2D eigenvalue weighted by atomic mass is 9.79. The van der Waals surface area contributed by atoms with E-state index in [0.29, 0.717) is 6.04 Å². The van der Waals surface area contributed by atoms with Gasteiger partial charge in [-0.15, -0.1) is 0 Å². The van der Waals surface area contributed by atoms with Gasteiger partial charge in [-0.05, 0) is 55.7 Å². The Hall–Kier alpha value is -1.58. The van der Waals surface area contributed by atoms with E-state index in [1.165, 1.54) is 24.8 Å². The first kappa shape index (κ1) is 12.5. The second-order valence-corrected chi connectivity index (χ2v) is 6.06. The van der Waals surface area contributed by atoms with Gasteiger partial charge in [-0.2, -0.15) is 9.61 Å². The molecule has 1 aliphatic rings. The fourth-order valence-corrected chi connectivity index (χ4v) is 3.05. The molecule has 1 N–H and O–H groups in total. The van der Waals surface area contributed by atoms with Gasteiger partial charge in [0.1, 0.15) is 12.1 Å². The van der Waals surface area contributed by atoms with E-state index in [4.69, 9.17) is 0 Å². The van der Waals surface area contributed by atoms with E-state index in [-0.39, 0.29) is 0 Å². The molecule has 3 rings (SSSR count). The average molecular weight is 258 g/mol. The molecule has 1 aliphatic carbocycles. The summed E-state index contributed by atoms with van der Waals surface area (Å²) in [5, 5.41) is 7.96. The SMILES string of the molecule is Cc1cc(NC2CCC(C)C(C)C2)n2ncnc2c1. The van der Waals surface area contributed by atoms with Crippen LogP contribution in [0.5, 0.6) is 0 Å². The highest BCUT2D eigenvalue weighted by molar-refractivity contribution is 5.51. The van der Waals surface area contributed by atoms with Crippen LogP contribution in [0.3, 0.4) is 0 Å². The quantitative estimate of drug-likeness (QED) is 0.899. The summed E-state index contributed by atoms with van der Waals surface area (Å²) < 4.78 is 1.90. The number of nitrogens with one attached hydrogen (secondary N) is 1. The Labute approximate surface area is 114 Å². The summed E-state index contributed by atoms with van der Waals surface area (Å²) in [6.07, 6.45) is 5.41. The average Bonchev–Trinajstić information content (AvgIpc) is 2.82. The summed E-state index contributed by atoms with van der Waals surface area (Å²) in [5.41, 5.74) is 2.14. The molecule has 0 bridgehead atoms. The molecule has 1 saturated carbocycles. The number of hydrogen-bond donors (Lipinski definition) is 1. The van der Waals surface area contributed by atoms with E-state index in [1.54, 1.807) is 6.33 Å². The second-order valence-electron chi connectivity index (χ2n) is 6.06. The molecule has 0 radical (unpaired) electrons. The standard InChI is InChI=1S/C15H22N4/c1-10-6-14-16-9-17-19(14)15(7-10)18-13-5-4-11(2)12(3)8-13/h6-7,9,11-13,18H,4-5,8H2,1-3H3. The number of fused-ring (bicyclic) bond motifs is 1. The maximum absolute atomic E-state index is 4.30. The molecule has 102 valence electrons. The van der Waals surface area contributed by atoms with Gasteiger partial charge < -0.3 is 5.32 Å². The molecule has 0 aliphatic heterocycles. The Balaban J connectivity index is 1.83. The Morgan fingerprint density at radius 1 is 1.21 bits per heavy atom. The van der Waals surface area contributed by atoms with Crippen LogP contribution >= 0.6 is 0 Å². The molecular weight excluding hydrogens is 236 g/mol. The van der Waals surface area contributed by atoms with Crippen molar-refractivity contribution < 1.29 is 0 Å². The van der Waals surface area contributed by atoms with Gasteiger partial charge in [0.15, 0.2) is 5.65 Å². The van der Waals surface area contributed by atoms with Gasteiger partial charge >= 0.3 is 0 Å². The smallest absolute Gasteiger partial charge is 0.157 e. The van der Waals surface area contributed by atoms with E-state index >= 15 is 0 Å². The van der Waals surface area contributed by atoms with Crippen LogP contribution in [0, 0.1) is 18.8 Å². The third-order valence-electron chi connectivity index (χ3n) is 4.47. The highest BCUT2D eigenvalue weighted by Crippen LogP contribution is 2.31. The van der Waals surface area contributed by atoms with Crippen LogP contribution < -0.4 is 5.32 Å². The third-order valence-corrected chi connectivity index (χ3v) is 4.47. The number of aryl methyl sites for hydroxylation is 1. The lowest BCUT2D eigenvalue weighted by molar-refractivity contribution is 0.260. The van der Waals surface area contributed by atoms with Gasteiger partial charge in [0.25, 0.3) is 0 Å². The minimum atomic E-state index is 0.556. The number of rotatable bonds is 2. The van der Waals surface area contributed by atoms with Crippen molar-refractivity contribution in [3.63, 3.8) is 0 Å². The molecule has 0 aromatic carbocycles.